The second kappa shape index (κ2) is 6.50. The van der Waals surface area contributed by atoms with E-state index in [1.54, 1.807) is 11.3 Å². The maximum Gasteiger partial charge on any atom is 0.190 e. The number of nitrogens with zero attached hydrogens (tertiary/aromatic N) is 2. The van der Waals surface area contributed by atoms with Crippen molar-refractivity contribution in [2.24, 2.45) is 4.99 Å². The number of thiazole rings is 1. The molecule has 2 aromatic carbocycles. The second-order valence-corrected chi connectivity index (χ2v) is 6.67. The highest BCUT2D eigenvalue weighted by molar-refractivity contribution is 7.07. The first-order valence-corrected chi connectivity index (χ1v) is 8.41. The van der Waals surface area contributed by atoms with Crippen LogP contribution in [-0.2, 0) is 6.54 Å². The lowest BCUT2D eigenvalue weighted by molar-refractivity contribution is 0.626. The van der Waals surface area contributed by atoms with Crippen LogP contribution in [0.1, 0.15) is 22.4 Å². The summed E-state index contributed by atoms with van der Waals surface area (Å²) in [4.78, 5) is 5.76. The average molecular weight is 326 g/mol. The van der Waals surface area contributed by atoms with Crippen LogP contribution >= 0.6 is 11.3 Å². The van der Waals surface area contributed by atoms with Crippen LogP contribution < -0.4 is 4.80 Å². The van der Waals surface area contributed by atoms with Crippen LogP contribution in [0.2, 0.25) is 0 Å². The predicted octanol–water partition coefficient (Wildman–Crippen LogP) is 4.89. The smallest absolute Gasteiger partial charge is 0.190 e. The molecule has 0 saturated heterocycles. The van der Waals surface area contributed by atoms with E-state index in [1.165, 1.54) is 23.3 Å². The number of benzene rings is 2. The Morgan fingerprint density at radius 3 is 2.30 bits per heavy atom. The summed E-state index contributed by atoms with van der Waals surface area (Å²) < 4.78 is 15.2. The fourth-order valence-corrected chi connectivity index (χ4v) is 3.49. The number of hydrogen-bond donors (Lipinski definition) is 0. The van der Waals surface area contributed by atoms with E-state index in [4.69, 9.17) is 4.99 Å². The molecule has 0 aliphatic carbocycles. The molecular weight excluding hydrogens is 307 g/mol. The molecule has 0 amide bonds. The van der Waals surface area contributed by atoms with Crippen molar-refractivity contribution in [3.05, 3.63) is 80.8 Å². The Bertz CT molecular complexity index is 868. The molecule has 23 heavy (non-hydrogen) atoms. The standard InChI is InChI=1S/C19H19FN2S/c1-13-8-14(2)10-18(9-13)21-19-22(15(3)12-23-19)11-16-4-6-17(20)7-5-16/h4-10,12H,11H2,1-3H3. The Morgan fingerprint density at radius 1 is 1.00 bits per heavy atom. The molecule has 0 atom stereocenters. The van der Waals surface area contributed by atoms with Crippen LogP contribution in [0.15, 0.2) is 52.8 Å². The highest BCUT2D eigenvalue weighted by Crippen LogP contribution is 2.17. The summed E-state index contributed by atoms with van der Waals surface area (Å²) in [6.45, 7) is 6.93. The molecule has 0 radical (unpaired) electrons. The number of halogens is 1. The number of rotatable bonds is 3. The van der Waals surface area contributed by atoms with Crippen LogP contribution in [0.5, 0.6) is 0 Å². The molecular formula is C19H19FN2S. The first kappa shape index (κ1) is 15.7. The van der Waals surface area contributed by atoms with Gasteiger partial charge in [0.05, 0.1) is 12.2 Å². The summed E-state index contributed by atoms with van der Waals surface area (Å²) in [7, 11) is 0. The van der Waals surface area contributed by atoms with E-state index in [9.17, 15) is 4.39 Å². The van der Waals surface area contributed by atoms with Crippen molar-refractivity contribution in [1.29, 1.82) is 0 Å². The molecule has 3 aromatic rings. The molecule has 3 rings (SSSR count). The van der Waals surface area contributed by atoms with Crippen molar-refractivity contribution in [2.45, 2.75) is 27.3 Å². The lowest BCUT2D eigenvalue weighted by atomic mass is 10.1. The van der Waals surface area contributed by atoms with E-state index in [1.807, 2.05) is 12.1 Å². The summed E-state index contributed by atoms with van der Waals surface area (Å²) >= 11 is 1.63. The molecule has 0 unspecified atom stereocenters. The molecule has 0 fully saturated rings. The van der Waals surface area contributed by atoms with E-state index in [0.717, 1.165) is 21.7 Å². The fraction of sp³-hybridized carbons (Fsp3) is 0.211. The summed E-state index contributed by atoms with van der Waals surface area (Å²) in [6, 6.07) is 13.0. The Balaban J connectivity index is 2.01. The summed E-state index contributed by atoms with van der Waals surface area (Å²) in [5.41, 5.74) is 5.61. The third kappa shape index (κ3) is 3.77. The minimum Gasteiger partial charge on any atom is -0.317 e. The summed E-state index contributed by atoms with van der Waals surface area (Å²) in [5.74, 6) is -0.207. The Kier molecular flexibility index (Phi) is 4.44. The third-order valence-electron chi connectivity index (χ3n) is 3.68. The van der Waals surface area contributed by atoms with Crippen LogP contribution in [0.4, 0.5) is 10.1 Å². The molecule has 0 bridgehead atoms. The van der Waals surface area contributed by atoms with Crippen LogP contribution in [0.25, 0.3) is 0 Å². The van der Waals surface area contributed by atoms with Gasteiger partial charge in [-0.3, -0.25) is 0 Å². The minimum absolute atomic E-state index is 0.207. The zero-order chi connectivity index (χ0) is 16.4. The van der Waals surface area contributed by atoms with Gasteiger partial charge in [0.1, 0.15) is 5.82 Å². The zero-order valence-corrected chi connectivity index (χ0v) is 14.3. The third-order valence-corrected chi connectivity index (χ3v) is 4.66. The number of aryl methyl sites for hydroxylation is 3. The van der Waals surface area contributed by atoms with Gasteiger partial charge in [-0.25, -0.2) is 9.38 Å². The highest BCUT2D eigenvalue weighted by Gasteiger charge is 2.04. The van der Waals surface area contributed by atoms with E-state index in [2.05, 4.69) is 48.9 Å². The molecule has 0 aliphatic rings. The van der Waals surface area contributed by atoms with Gasteiger partial charge in [0, 0.05) is 11.1 Å². The molecule has 0 N–H and O–H groups in total. The van der Waals surface area contributed by atoms with Crippen LogP contribution in [-0.4, -0.2) is 4.57 Å². The average Bonchev–Trinajstić information content (AvgIpc) is 2.81. The van der Waals surface area contributed by atoms with Crippen molar-refractivity contribution in [2.75, 3.05) is 0 Å². The Labute approximate surface area is 139 Å². The van der Waals surface area contributed by atoms with Crippen molar-refractivity contribution in [1.82, 2.24) is 4.57 Å². The topological polar surface area (TPSA) is 17.3 Å². The lowest BCUT2D eigenvalue weighted by Gasteiger charge is -2.07. The number of hydrogen-bond acceptors (Lipinski definition) is 2. The van der Waals surface area contributed by atoms with Gasteiger partial charge in [-0.05, 0) is 61.7 Å². The molecule has 0 saturated carbocycles. The minimum atomic E-state index is -0.207. The molecule has 4 heteroatoms. The van der Waals surface area contributed by atoms with E-state index >= 15 is 0 Å². The van der Waals surface area contributed by atoms with Gasteiger partial charge >= 0.3 is 0 Å². The van der Waals surface area contributed by atoms with E-state index in [-0.39, 0.29) is 5.82 Å². The van der Waals surface area contributed by atoms with Gasteiger partial charge in [0.2, 0.25) is 0 Å². The monoisotopic (exact) mass is 326 g/mol. The van der Waals surface area contributed by atoms with Crippen molar-refractivity contribution in [3.8, 4) is 0 Å². The van der Waals surface area contributed by atoms with Crippen LogP contribution in [0.3, 0.4) is 0 Å². The molecule has 118 valence electrons. The van der Waals surface area contributed by atoms with Gasteiger partial charge in [-0.15, -0.1) is 11.3 Å². The highest BCUT2D eigenvalue weighted by atomic mass is 32.1. The predicted molar refractivity (Wildman–Crippen MR) is 93.7 cm³/mol. The van der Waals surface area contributed by atoms with Gasteiger partial charge in [-0.2, -0.15) is 0 Å². The normalized spacial score (nSPS) is 11.9. The molecule has 0 aliphatic heterocycles. The molecule has 2 nitrogen and oxygen atoms in total. The Hall–Kier alpha value is -2.20. The van der Waals surface area contributed by atoms with Crippen molar-refractivity contribution < 1.29 is 4.39 Å². The van der Waals surface area contributed by atoms with Crippen molar-refractivity contribution >= 4 is 17.0 Å². The summed E-state index contributed by atoms with van der Waals surface area (Å²) in [5, 5.41) is 2.10. The summed E-state index contributed by atoms with van der Waals surface area (Å²) in [6.07, 6.45) is 0. The van der Waals surface area contributed by atoms with Crippen LogP contribution in [0, 0.1) is 26.6 Å². The zero-order valence-electron chi connectivity index (χ0n) is 13.5. The second-order valence-electron chi connectivity index (χ2n) is 5.83. The maximum absolute atomic E-state index is 13.1. The Morgan fingerprint density at radius 2 is 1.65 bits per heavy atom. The first-order valence-electron chi connectivity index (χ1n) is 7.54. The van der Waals surface area contributed by atoms with Crippen molar-refractivity contribution in [3.63, 3.8) is 0 Å². The molecule has 1 heterocycles. The molecule has 1 aromatic heterocycles. The largest absolute Gasteiger partial charge is 0.317 e. The van der Waals surface area contributed by atoms with Gasteiger partial charge in [-0.1, -0.05) is 18.2 Å². The van der Waals surface area contributed by atoms with E-state index < -0.39 is 0 Å². The number of aromatic nitrogens is 1. The quantitative estimate of drug-likeness (QED) is 0.652. The lowest BCUT2D eigenvalue weighted by Crippen LogP contribution is -2.16. The van der Waals surface area contributed by atoms with Gasteiger partial charge in [0.15, 0.2) is 4.80 Å². The SMILES string of the molecule is Cc1cc(C)cc(N=c2scc(C)n2Cc2ccc(F)cc2)c1. The fourth-order valence-electron chi connectivity index (χ4n) is 2.59. The first-order chi connectivity index (χ1) is 11.0. The van der Waals surface area contributed by atoms with Gasteiger partial charge < -0.3 is 4.57 Å². The molecule has 0 spiro atoms. The van der Waals surface area contributed by atoms with E-state index in [0.29, 0.717) is 6.54 Å². The maximum atomic E-state index is 13.1. The van der Waals surface area contributed by atoms with Gasteiger partial charge in [0.25, 0.3) is 0 Å².